The molecule has 3 rings (SSSR count). The number of sulfone groups is 1. The Balaban J connectivity index is 0.00000210. The van der Waals surface area contributed by atoms with Crippen molar-refractivity contribution in [1.29, 1.82) is 0 Å². The minimum absolute atomic E-state index is 0. The Morgan fingerprint density at radius 3 is 2.24 bits per heavy atom. The summed E-state index contributed by atoms with van der Waals surface area (Å²) in [5.74, 6) is 0. The van der Waals surface area contributed by atoms with Gasteiger partial charge in [-0.05, 0) is 30.8 Å². The van der Waals surface area contributed by atoms with Gasteiger partial charge in [-0.15, -0.1) is 36.2 Å². The fraction of sp³-hybridized carbons (Fsp3) is 0.375. The third-order valence-corrected chi connectivity index (χ3v) is 9.86. The van der Waals surface area contributed by atoms with Crippen LogP contribution in [0, 0.1) is 0 Å². The Labute approximate surface area is 201 Å². The largest absolute Gasteiger partial charge is 0.303 e. The number of piperazine rings is 1. The molecule has 0 aliphatic carbocycles. The van der Waals surface area contributed by atoms with Crippen molar-refractivity contribution >= 4 is 78.6 Å². The van der Waals surface area contributed by atoms with Crippen molar-refractivity contribution in [1.82, 2.24) is 9.80 Å². The van der Waals surface area contributed by atoms with Crippen LogP contribution in [0.2, 0.25) is 0 Å². The summed E-state index contributed by atoms with van der Waals surface area (Å²) >= 11 is 3.23. The van der Waals surface area contributed by atoms with Gasteiger partial charge in [0, 0.05) is 31.6 Å². The molecule has 0 amide bonds. The number of likely N-dealkylation sites (N-methyl/N-ethyl adjacent to an activating group) is 1. The van der Waals surface area contributed by atoms with Crippen LogP contribution in [0.1, 0.15) is 5.56 Å². The van der Waals surface area contributed by atoms with Gasteiger partial charge >= 0.3 is 0 Å². The van der Waals surface area contributed by atoms with Crippen LogP contribution in [-0.2, 0) is 26.4 Å². The highest BCUT2D eigenvalue weighted by Gasteiger charge is 2.24. The number of nitrogens with two attached hydrogens (primary N) is 1. The molecule has 2 N–H and O–H groups in total. The van der Waals surface area contributed by atoms with Crippen LogP contribution in [0.3, 0.4) is 0 Å². The fourth-order valence-electron chi connectivity index (χ4n) is 2.82. The quantitative estimate of drug-likeness (QED) is 0.316. The second-order valence-electron chi connectivity index (χ2n) is 6.46. The van der Waals surface area contributed by atoms with Gasteiger partial charge in [-0.25, -0.2) is 22.0 Å². The van der Waals surface area contributed by atoms with Crippen LogP contribution >= 0.6 is 58.7 Å². The molecule has 1 unspecified atom stereocenters. The van der Waals surface area contributed by atoms with Crippen molar-refractivity contribution in [3.8, 4) is 0 Å². The topological polar surface area (TPSA) is 101 Å². The van der Waals surface area contributed by atoms with E-state index in [0.29, 0.717) is 4.05 Å². The van der Waals surface area contributed by atoms with E-state index in [0.717, 1.165) is 49.1 Å². The molecule has 1 atom stereocenters. The summed E-state index contributed by atoms with van der Waals surface area (Å²) in [4.78, 5) is 4.73. The Morgan fingerprint density at radius 2 is 1.72 bits per heavy atom. The molecule has 0 spiro atoms. The highest BCUT2D eigenvalue weighted by molar-refractivity contribution is 14.1. The van der Waals surface area contributed by atoms with Gasteiger partial charge in [0.25, 0.3) is 0 Å². The number of nitrogens with zero attached hydrogens (tertiary/aromatic N) is 2. The first-order chi connectivity index (χ1) is 12.6. The maximum atomic E-state index is 12.7. The van der Waals surface area contributed by atoms with Gasteiger partial charge in [0.2, 0.25) is 19.9 Å². The van der Waals surface area contributed by atoms with E-state index in [2.05, 4.69) is 39.4 Å². The Hall–Kier alpha value is 0.0100. The minimum Gasteiger partial charge on any atom is -0.303 e. The van der Waals surface area contributed by atoms with Gasteiger partial charge in [-0.2, -0.15) is 0 Å². The van der Waals surface area contributed by atoms with Crippen molar-refractivity contribution in [3.05, 3.63) is 41.3 Å². The molecule has 1 aromatic heterocycles. The first-order valence-corrected chi connectivity index (χ1v) is 13.2. The molecule has 1 aliphatic heterocycles. The predicted molar refractivity (Wildman–Crippen MR) is 128 cm³/mol. The predicted octanol–water partition coefficient (Wildman–Crippen LogP) is 2.58. The zero-order valence-electron chi connectivity index (χ0n) is 15.4. The molecule has 2 aromatic rings. The number of primary sulfonamides is 1. The zero-order valence-corrected chi connectivity index (χ0v) is 21.6. The smallest absolute Gasteiger partial charge is 0.247 e. The van der Waals surface area contributed by atoms with Gasteiger partial charge in [-0.1, -0.05) is 34.7 Å². The van der Waals surface area contributed by atoms with Crippen LogP contribution < -0.4 is 5.14 Å². The average molecular weight is 614 g/mol. The van der Waals surface area contributed by atoms with Gasteiger partial charge in [0.05, 0.1) is 13.8 Å². The van der Waals surface area contributed by atoms with Crippen LogP contribution in [-0.4, -0.2) is 57.4 Å². The van der Waals surface area contributed by atoms with Crippen molar-refractivity contribution in [2.45, 2.75) is 24.6 Å². The fourth-order valence-corrected chi connectivity index (χ4v) is 7.27. The van der Waals surface area contributed by atoms with E-state index in [4.69, 9.17) is 5.14 Å². The summed E-state index contributed by atoms with van der Waals surface area (Å²) in [7, 11) is -5.58. The zero-order chi connectivity index (χ0) is 19.8. The number of hydrogen-bond donors (Lipinski definition) is 1. The van der Waals surface area contributed by atoms with Crippen LogP contribution in [0.5, 0.6) is 0 Å². The number of sulfonamides is 1. The lowest BCUT2D eigenvalue weighted by atomic mass is 10.2. The third-order valence-electron chi connectivity index (χ3n) is 4.39. The van der Waals surface area contributed by atoms with Crippen molar-refractivity contribution < 1.29 is 16.8 Å². The summed E-state index contributed by atoms with van der Waals surface area (Å²) < 4.78 is 48.4. The molecular weight excluding hydrogens is 592 g/mol. The Bertz CT molecular complexity index is 1030. The van der Waals surface area contributed by atoms with Crippen molar-refractivity contribution in [2.75, 3.05) is 26.7 Å². The van der Waals surface area contributed by atoms with E-state index in [-0.39, 0.29) is 38.8 Å². The summed E-state index contributed by atoms with van der Waals surface area (Å²) in [6.07, 6.45) is 0. The molecule has 1 saturated heterocycles. The number of halogens is 3. The maximum absolute atomic E-state index is 12.7. The van der Waals surface area contributed by atoms with E-state index in [1.807, 2.05) is 12.1 Å². The Morgan fingerprint density at radius 1 is 1.10 bits per heavy atom. The highest BCUT2D eigenvalue weighted by atomic mass is 127. The number of alkyl halides is 1. The molecule has 7 nitrogen and oxygen atoms in total. The molecular formula is C16H22Cl2IN3O4S3. The third kappa shape index (κ3) is 6.50. The first kappa shape index (κ1) is 27.0. The molecule has 1 aliphatic rings. The van der Waals surface area contributed by atoms with E-state index >= 15 is 0 Å². The van der Waals surface area contributed by atoms with Gasteiger partial charge < -0.3 is 4.90 Å². The molecule has 0 bridgehead atoms. The molecule has 13 heteroatoms. The molecule has 29 heavy (non-hydrogen) atoms. The average Bonchev–Trinajstić information content (AvgIpc) is 3.09. The number of thiophene rings is 1. The van der Waals surface area contributed by atoms with Gasteiger partial charge in [-0.3, -0.25) is 4.90 Å². The monoisotopic (exact) mass is 613 g/mol. The molecule has 1 fully saturated rings. The van der Waals surface area contributed by atoms with Crippen molar-refractivity contribution in [2.24, 2.45) is 5.14 Å². The summed E-state index contributed by atoms with van der Waals surface area (Å²) in [6.45, 7) is 3.74. The van der Waals surface area contributed by atoms with Crippen LogP contribution in [0.4, 0.5) is 0 Å². The van der Waals surface area contributed by atoms with Gasteiger partial charge in [0.15, 0.2) is 0 Å². The molecule has 2 heterocycles. The van der Waals surface area contributed by atoms with Crippen LogP contribution in [0.25, 0.3) is 0 Å². The lowest BCUT2D eigenvalue weighted by molar-refractivity contribution is 0.138. The normalized spacial score (nSPS) is 18.7. The Kier molecular flexibility index (Phi) is 9.84. The van der Waals surface area contributed by atoms with Crippen molar-refractivity contribution in [3.63, 3.8) is 0 Å². The SMILES string of the molecule is CN1CCN(Cc2ccc(S(=O)(=O)c3csc(S(N)(=O)=O)c3)cc2)C(I)C1.Cl.Cl. The molecule has 164 valence electrons. The lowest BCUT2D eigenvalue weighted by Crippen LogP contribution is -2.48. The van der Waals surface area contributed by atoms with E-state index in [1.54, 1.807) is 12.1 Å². The molecule has 1 aromatic carbocycles. The maximum Gasteiger partial charge on any atom is 0.247 e. The van der Waals surface area contributed by atoms with Gasteiger partial charge in [0.1, 0.15) is 4.21 Å². The second-order valence-corrected chi connectivity index (χ2v) is 12.5. The summed E-state index contributed by atoms with van der Waals surface area (Å²) in [6, 6.07) is 7.85. The second kappa shape index (κ2) is 10.6. The van der Waals surface area contributed by atoms with E-state index < -0.39 is 19.9 Å². The molecule has 0 radical (unpaired) electrons. The first-order valence-electron chi connectivity index (χ1n) is 8.09. The minimum atomic E-state index is -3.91. The summed E-state index contributed by atoms with van der Waals surface area (Å²) in [5.41, 5.74) is 1.04. The number of hydrogen-bond acceptors (Lipinski definition) is 7. The number of benzene rings is 1. The van der Waals surface area contributed by atoms with E-state index in [9.17, 15) is 16.8 Å². The number of rotatable bonds is 5. The lowest BCUT2D eigenvalue weighted by Gasteiger charge is -2.37. The summed E-state index contributed by atoms with van der Waals surface area (Å²) in [5, 5.41) is 6.36. The van der Waals surface area contributed by atoms with Crippen LogP contribution in [0.15, 0.2) is 49.7 Å². The van der Waals surface area contributed by atoms with E-state index in [1.165, 1.54) is 5.38 Å². The molecule has 0 saturated carbocycles. The highest BCUT2D eigenvalue weighted by Crippen LogP contribution is 2.28. The standard InChI is InChI=1S/C16H20IN3O4S3.2ClH/c1-19-6-7-20(15(17)10-19)9-12-2-4-13(5-3-12)26(21,22)14-8-16(25-11-14)27(18,23)24;;/h2-5,8,11,15H,6-7,9-10H2,1H3,(H2,18,23,24);2*1H.